The molecule has 3 N–H and O–H groups in total. The Morgan fingerprint density at radius 3 is 1.44 bits per heavy atom. The molecule has 0 bridgehead atoms. The van der Waals surface area contributed by atoms with Crippen LogP contribution in [0.2, 0.25) is 0 Å². The second-order valence-corrected chi connectivity index (χ2v) is 22.7. The van der Waals surface area contributed by atoms with Crippen molar-refractivity contribution in [3.05, 3.63) is 256 Å². The molecule has 21 heteroatoms. The van der Waals surface area contributed by atoms with Gasteiger partial charge in [0.15, 0.2) is 34.5 Å². The molecule has 0 aliphatic rings. The number of benzene rings is 9. The summed E-state index contributed by atoms with van der Waals surface area (Å²) < 4.78 is 105. The Morgan fingerprint density at radius 2 is 0.875 bits per heavy atom. The fourth-order valence-corrected chi connectivity index (χ4v) is 11.7. The molecule has 0 saturated carbocycles. The van der Waals surface area contributed by atoms with Crippen molar-refractivity contribution in [3.63, 3.8) is 0 Å². The molecule has 0 atom stereocenters. The van der Waals surface area contributed by atoms with Gasteiger partial charge in [0.25, 0.3) is 16.7 Å². The number of hydrogen-bond acceptors (Lipinski definition) is 12. The van der Waals surface area contributed by atoms with Crippen LogP contribution in [0.3, 0.4) is 0 Å². The summed E-state index contributed by atoms with van der Waals surface area (Å²) in [6, 6.07) is 40.0. The maximum atomic E-state index is 15.1. The first-order valence-corrected chi connectivity index (χ1v) is 29.7. The Labute approximate surface area is 542 Å². The van der Waals surface area contributed by atoms with Crippen molar-refractivity contribution >= 4 is 69.2 Å². The molecule has 0 amide bonds. The molecule has 9 aromatic carbocycles. The van der Waals surface area contributed by atoms with Gasteiger partial charge in [0.1, 0.15) is 17.5 Å². The van der Waals surface area contributed by atoms with E-state index < -0.39 is 46.0 Å². The Bertz CT molecular complexity index is 5450. The number of aromatic nitrogens is 6. The van der Waals surface area contributed by atoms with Crippen molar-refractivity contribution in [1.29, 1.82) is 0 Å². The first kappa shape index (κ1) is 64.1. The third kappa shape index (κ3) is 12.0. The quantitative estimate of drug-likeness (QED) is 0.0874. The largest absolute Gasteiger partial charge is 0.504 e. The van der Waals surface area contributed by atoms with E-state index in [4.69, 9.17) is 24.2 Å². The highest BCUT2D eigenvalue weighted by Gasteiger charge is 2.43. The van der Waals surface area contributed by atoms with Crippen molar-refractivity contribution in [3.8, 4) is 73.8 Å². The maximum Gasteiger partial charge on any atom is 0.417 e. The average Bonchev–Trinajstić information content (AvgIpc) is 0.769. The smallest absolute Gasteiger partial charge is 0.417 e. The Balaban J connectivity index is 0.961. The van der Waals surface area contributed by atoms with Crippen LogP contribution in [0.1, 0.15) is 67.5 Å². The zero-order chi connectivity index (χ0) is 68.2. The third-order valence-electron chi connectivity index (χ3n) is 16.5. The molecular formula is C75H56F6N6O9. The highest BCUT2D eigenvalue weighted by atomic mass is 19.4. The van der Waals surface area contributed by atoms with E-state index >= 15 is 4.79 Å². The minimum absolute atomic E-state index is 0.0410. The number of methoxy groups -OCH3 is 3. The highest BCUT2D eigenvalue weighted by molar-refractivity contribution is 5.90. The number of phenols is 3. The van der Waals surface area contributed by atoms with Gasteiger partial charge in [-0.2, -0.15) is 26.3 Å². The third-order valence-corrected chi connectivity index (χ3v) is 16.5. The van der Waals surface area contributed by atoms with Gasteiger partial charge >= 0.3 is 12.4 Å². The van der Waals surface area contributed by atoms with Crippen LogP contribution in [0.5, 0.6) is 34.5 Å². The SMILES string of the molecule is COc1cccc(/C=C/c2nc3cc(-c4cc(/C=C/c5nc6cc(-c7cc(/C=C/c8nc9ccccc9c(=O)n8-c8ccc(C(F)(F)F)c(C(F)(F)F)c8)c(O)c(OC)c7)ccc6c(=O)n5-c5cc(C)ccc5C)c(O)c(OC)c4)ccc3c(=O)n2-c2c(C)cccc2C)c1O. The lowest BCUT2D eigenvalue weighted by Crippen LogP contribution is -2.24. The van der Waals surface area contributed by atoms with Crippen LogP contribution in [0, 0.1) is 27.7 Å². The molecule has 3 aromatic heterocycles. The summed E-state index contributed by atoms with van der Waals surface area (Å²) in [5.41, 5.74) is 1.58. The first-order valence-electron chi connectivity index (χ1n) is 29.7. The predicted octanol–water partition coefficient (Wildman–Crippen LogP) is 16.0. The first-order chi connectivity index (χ1) is 45.8. The van der Waals surface area contributed by atoms with Crippen LogP contribution >= 0.6 is 0 Å². The summed E-state index contributed by atoms with van der Waals surface area (Å²) in [7, 11) is 4.15. The summed E-state index contributed by atoms with van der Waals surface area (Å²) in [6.45, 7) is 7.54. The number of phenolic OH excluding ortho intramolecular Hbond substituents is 3. The lowest BCUT2D eigenvalue weighted by molar-refractivity contribution is -0.162. The highest BCUT2D eigenvalue weighted by Crippen LogP contribution is 2.43. The van der Waals surface area contributed by atoms with Gasteiger partial charge in [-0.05, 0) is 200 Å². The van der Waals surface area contributed by atoms with Crippen molar-refractivity contribution < 1.29 is 55.9 Å². The molecule has 12 rings (SSSR count). The molecule has 15 nitrogen and oxygen atoms in total. The second-order valence-electron chi connectivity index (χ2n) is 22.7. The Morgan fingerprint density at radius 1 is 0.396 bits per heavy atom. The minimum atomic E-state index is -5.47. The van der Waals surface area contributed by atoms with Crippen molar-refractivity contribution in [2.24, 2.45) is 0 Å². The minimum Gasteiger partial charge on any atom is -0.504 e. The van der Waals surface area contributed by atoms with Gasteiger partial charge in [0, 0.05) is 16.7 Å². The number of aromatic hydroxyl groups is 3. The molecule has 0 saturated heterocycles. The van der Waals surface area contributed by atoms with Crippen LogP contribution in [0.15, 0.2) is 172 Å². The monoisotopic (exact) mass is 1300 g/mol. The Hall–Kier alpha value is -12.0. The van der Waals surface area contributed by atoms with E-state index in [1.165, 1.54) is 68.4 Å². The lowest BCUT2D eigenvalue weighted by atomic mass is 9.99. The van der Waals surface area contributed by atoms with Gasteiger partial charge in [-0.3, -0.25) is 28.1 Å². The number of para-hydroxylation sites is 3. The number of ether oxygens (including phenoxy) is 3. The Kier molecular flexibility index (Phi) is 16.8. The fraction of sp³-hybridized carbons (Fsp3) is 0.120. The molecular weight excluding hydrogens is 1240 g/mol. The normalized spacial score (nSPS) is 12.1. The molecule has 96 heavy (non-hydrogen) atoms. The molecule has 0 fully saturated rings. The van der Waals surface area contributed by atoms with E-state index in [-0.39, 0.29) is 96.8 Å². The van der Waals surface area contributed by atoms with Crippen molar-refractivity contribution in [2.75, 3.05) is 21.3 Å². The van der Waals surface area contributed by atoms with Crippen molar-refractivity contribution in [1.82, 2.24) is 28.7 Å². The van der Waals surface area contributed by atoms with Gasteiger partial charge in [-0.25, -0.2) is 15.0 Å². The maximum absolute atomic E-state index is 15.1. The van der Waals surface area contributed by atoms with Gasteiger partial charge in [0.2, 0.25) is 0 Å². The summed E-state index contributed by atoms with van der Waals surface area (Å²) in [6.07, 6.45) is -1.86. The molecule has 482 valence electrons. The zero-order valence-corrected chi connectivity index (χ0v) is 52.2. The van der Waals surface area contributed by atoms with Crippen LogP contribution in [-0.2, 0) is 12.4 Å². The average molecular weight is 1300 g/mol. The number of alkyl halides is 6. The van der Waals surface area contributed by atoms with Gasteiger partial charge in [0.05, 0.1) is 82.2 Å². The number of rotatable bonds is 14. The standard InChI is InChI=1S/C75H56F6N6O9/c1-40-18-19-41(2)60(32-40)86-65(31-24-48-34-50(38-63(96-7)70(48)90)46-21-27-54-59(36-46)84-66(29-22-44-14-11-17-61(94-5)68(44)88)87(73(54)93)67-42(3)12-10-13-43(67)4)83-58-35-45(20-26-53(58)72(86)92)49-33-47(69(89)62(37-49)95-6)23-30-64-82-57-16-9-8-15-52(57)71(91)85(64)51-25-28-55(74(76,77)78)56(39-51)75(79,80)81/h8-39,88-90H,1-7H3/b29-22+,30-23+,31-24+. The van der Waals surface area contributed by atoms with Gasteiger partial charge in [-0.1, -0.05) is 66.7 Å². The van der Waals surface area contributed by atoms with Gasteiger partial charge < -0.3 is 29.5 Å². The van der Waals surface area contributed by atoms with Crippen LogP contribution in [-0.4, -0.2) is 65.3 Å². The number of aryl methyl sites for hydroxylation is 4. The topological polar surface area (TPSA) is 193 Å². The number of halogens is 6. The zero-order valence-electron chi connectivity index (χ0n) is 52.2. The van der Waals surface area contributed by atoms with Crippen molar-refractivity contribution in [2.45, 2.75) is 40.0 Å². The van der Waals surface area contributed by atoms with E-state index in [1.54, 1.807) is 102 Å². The number of nitrogens with zero attached hydrogens (tertiary/aromatic N) is 6. The second kappa shape index (κ2) is 25.1. The molecule has 0 spiro atoms. The predicted molar refractivity (Wildman–Crippen MR) is 360 cm³/mol. The summed E-state index contributed by atoms with van der Waals surface area (Å²) in [5.74, 6) is -0.333. The van der Waals surface area contributed by atoms with Crippen LogP contribution in [0.4, 0.5) is 26.3 Å². The molecule has 0 aliphatic heterocycles. The number of fused-ring (bicyclic) bond motifs is 3. The summed E-state index contributed by atoms with van der Waals surface area (Å²) >= 11 is 0. The summed E-state index contributed by atoms with van der Waals surface area (Å²) in [5, 5.41) is 34.9. The molecule has 0 aliphatic carbocycles. The van der Waals surface area contributed by atoms with E-state index in [0.29, 0.717) is 50.1 Å². The van der Waals surface area contributed by atoms with E-state index in [1.807, 2.05) is 64.1 Å². The van der Waals surface area contributed by atoms with E-state index in [2.05, 4.69) is 4.98 Å². The lowest BCUT2D eigenvalue weighted by Gasteiger charge is -2.18. The van der Waals surface area contributed by atoms with Crippen LogP contribution in [0.25, 0.3) is 108 Å². The van der Waals surface area contributed by atoms with E-state index in [0.717, 1.165) is 32.9 Å². The van der Waals surface area contributed by atoms with Crippen LogP contribution < -0.4 is 30.9 Å². The molecule has 0 radical (unpaired) electrons. The summed E-state index contributed by atoms with van der Waals surface area (Å²) in [4.78, 5) is 58.6. The van der Waals surface area contributed by atoms with E-state index in [9.17, 15) is 51.3 Å². The number of hydrogen-bond donors (Lipinski definition) is 3. The molecule has 3 heterocycles. The van der Waals surface area contributed by atoms with Gasteiger partial charge in [-0.15, -0.1) is 0 Å². The molecule has 12 aromatic rings. The molecule has 0 unspecified atom stereocenters. The fourth-order valence-electron chi connectivity index (χ4n) is 11.7.